The van der Waals surface area contributed by atoms with Crippen molar-refractivity contribution in [1.29, 1.82) is 0 Å². The molecule has 0 spiro atoms. The van der Waals surface area contributed by atoms with Crippen LogP contribution in [0.5, 0.6) is 0 Å². The van der Waals surface area contributed by atoms with E-state index in [0.29, 0.717) is 11.3 Å². The van der Waals surface area contributed by atoms with E-state index in [9.17, 15) is 5.11 Å². The van der Waals surface area contributed by atoms with Crippen LogP contribution in [0.3, 0.4) is 0 Å². The van der Waals surface area contributed by atoms with E-state index < -0.39 is 0 Å². The lowest BCUT2D eigenvalue weighted by atomic mass is 9.61. The minimum Gasteiger partial charge on any atom is -0.390 e. The lowest BCUT2D eigenvalue weighted by molar-refractivity contribution is -0.0981. The second-order valence-electron chi connectivity index (χ2n) is 7.44. The van der Waals surface area contributed by atoms with Gasteiger partial charge in [0.2, 0.25) is 0 Å². The molecule has 0 aliphatic heterocycles. The van der Waals surface area contributed by atoms with Gasteiger partial charge < -0.3 is 5.11 Å². The van der Waals surface area contributed by atoms with E-state index in [0.717, 1.165) is 18.8 Å². The van der Waals surface area contributed by atoms with Crippen molar-refractivity contribution < 1.29 is 5.11 Å². The fourth-order valence-electron chi connectivity index (χ4n) is 4.38. The van der Waals surface area contributed by atoms with Crippen LogP contribution in [0, 0.1) is 17.3 Å². The molecule has 3 unspecified atom stereocenters. The zero-order valence-corrected chi connectivity index (χ0v) is 12.0. The van der Waals surface area contributed by atoms with Gasteiger partial charge in [-0.15, -0.1) is 0 Å². The van der Waals surface area contributed by atoms with Crippen molar-refractivity contribution in [2.24, 2.45) is 17.3 Å². The highest BCUT2D eigenvalue weighted by Crippen LogP contribution is 2.49. The normalized spacial score (nSPS) is 42.4. The van der Waals surface area contributed by atoms with Crippen molar-refractivity contribution >= 4 is 0 Å². The Bertz CT molecular complexity index is 258. The van der Waals surface area contributed by atoms with Gasteiger partial charge in [-0.2, -0.15) is 0 Å². The summed E-state index contributed by atoms with van der Waals surface area (Å²) in [6.07, 6.45) is 11.2. The van der Waals surface area contributed by atoms with E-state index in [-0.39, 0.29) is 5.60 Å². The summed E-state index contributed by atoms with van der Waals surface area (Å²) in [5.41, 5.74) is 0.0156. The molecule has 0 aromatic rings. The average Bonchev–Trinajstić information content (AvgIpc) is 2.27. The molecule has 100 valence electrons. The zero-order valence-electron chi connectivity index (χ0n) is 12.0. The van der Waals surface area contributed by atoms with E-state index in [2.05, 4.69) is 20.8 Å². The van der Waals surface area contributed by atoms with Crippen LogP contribution in [0.4, 0.5) is 0 Å². The number of rotatable bonds is 2. The minimum absolute atomic E-state index is 0.338. The Balaban J connectivity index is 2.04. The maximum atomic E-state index is 11.0. The first-order chi connectivity index (χ1) is 7.95. The van der Waals surface area contributed by atoms with Gasteiger partial charge in [0.25, 0.3) is 0 Å². The molecule has 0 amide bonds. The zero-order chi connectivity index (χ0) is 12.5. The molecule has 2 fully saturated rings. The molecule has 0 radical (unpaired) electrons. The Morgan fingerprint density at radius 1 is 1.12 bits per heavy atom. The van der Waals surface area contributed by atoms with Gasteiger partial charge in [0.05, 0.1) is 5.60 Å². The van der Waals surface area contributed by atoms with E-state index in [1.807, 2.05) is 0 Å². The second-order valence-corrected chi connectivity index (χ2v) is 7.44. The predicted molar refractivity (Wildman–Crippen MR) is 72.9 cm³/mol. The Labute approximate surface area is 107 Å². The van der Waals surface area contributed by atoms with Crippen LogP contribution in [0.2, 0.25) is 0 Å². The van der Waals surface area contributed by atoms with Gasteiger partial charge in [-0.05, 0) is 49.4 Å². The van der Waals surface area contributed by atoms with E-state index in [1.54, 1.807) is 0 Å². The molecule has 3 atom stereocenters. The van der Waals surface area contributed by atoms with Gasteiger partial charge in [0.1, 0.15) is 0 Å². The molecule has 1 N–H and O–H groups in total. The van der Waals surface area contributed by atoms with Crippen LogP contribution in [0.25, 0.3) is 0 Å². The van der Waals surface area contributed by atoms with Crippen molar-refractivity contribution in [2.45, 2.75) is 84.2 Å². The Kier molecular flexibility index (Phi) is 3.87. The summed E-state index contributed by atoms with van der Waals surface area (Å²) in [6.45, 7) is 6.97. The monoisotopic (exact) mass is 238 g/mol. The summed E-state index contributed by atoms with van der Waals surface area (Å²) in [5.74, 6) is 1.46. The first-order valence-electron chi connectivity index (χ1n) is 7.67. The van der Waals surface area contributed by atoms with Crippen molar-refractivity contribution in [3.8, 4) is 0 Å². The minimum atomic E-state index is -0.338. The third-order valence-electron chi connectivity index (χ3n) is 5.37. The molecular formula is C16H30O. The molecule has 2 rings (SSSR count). The van der Waals surface area contributed by atoms with E-state index in [4.69, 9.17) is 0 Å². The molecule has 0 aromatic carbocycles. The third kappa shape index (κ3) is 3.05. The molecule has 0 aromatic heterocycles. The third-order valence-corrected chi connectivity index (χ3v) is 5.37. The van der Waals surface area contributed by atoms with Gasteiger partial charge in [-0.1, -0.05) is 46.5 Å². The summed E-state index contributed by atoms with van der Waals surface area (Å²) in [6, 6.07) is 0. The standard InChI is InChI=1S/C16H30O/c1-4-13-7-5-8-14(11-13)16(17)10-6-9-15(2,3)12-16/h13-14,17H,4-12H2,1-3H3. The van der Waals surface area contributed by atoms with Gasteiger partial charge in [-0.3, -0.25) is 0 Å². The van der Waals surface area contributed by atoms with Crippen LogP contribution in [0.1, 0.15) is 78.6 Å². The Morgan fingerprint density at radius 3 is 2.53 bits per heavy atom. The highest BCUT2D eigenvalue weighted by Gasteiger charge is 2.44. The molecule has 2 saturated carbocycles. The SMILES string of the molecule is CCC1CCCC(C2(O)CCCC(C)(C)C2)C1. The summed E-state index contributed by atoms with van der Waals surface area (Å²) in [7, 11) is 0. The summed E-state index contributed by atoms with van der Waals surface area (Å²) < 4.78 is 0. The number of hydrogen-bond acceptors (Lipinski definition) is 1. The lowest BCUT2D eigenvalue weighted by Gasteiger charge is -2.48. The molecule has 1 nitrogen and oxygen atoms in total. The van der Waals surface area contributed by atoms with Crippen LogP contribution in [-0.2, 0) is 0 Å². The first kappa shape index (κ1) is 13.4. The van der Waals surface area contributed by atoms with Gasteiger partial charge >= 0.3 is 0 Å². The molecule has 2 aliphatic rings. The summed E-state index contributed by atoms with van der Waals surface area (Å²) >= 11 is 0. The van der Waals surface area contributed by atoms with Gasteiger partial charge in [0.15, 0.2) is 0 Å². The predicted octanol–water partition coefficient (Wildman–Crippen LogP) is 4.53. The van der Waals surface area contributed by atoms with Crippen LogP contribution >= 0.6 is 0 Å². The first-order valence-corrected chi connectivity index (χ1v) is 7.67. The Morgan fingerprint density at radius 2 is 1.88 bits per heavy atom. The molecule has 1 heteroatoms. The maximum absolute atomic E-state index is 11.0. The van der Waals surface area contributed by atoms with Gasteiger partial charge in [-0.25, -0.2) is 0 Å². The number of aliphatic hydroxyl groups is 1. The molecule has 2 aliphatic carbocycles. The van der Waals surface area contributed by atoms with Crippen molar-refractivity contribution in [2.75, 3.05) is 0 Å². The molecular weight excluding hydrogens is 208 g/mol. The quantitative estimate of drug-likeness (QED) is 0.749. The molecule has 0 saturated heterocycles. The Hall–Kier alpha value is -0.0400. The van der Waals surface area contributed by atoms with Crippen LogP contribution in [-0.4, -0.2) is 10.7 Å². The van der Waals surface area contributed by atoms with Crippen molar-refractivity contribution in [1.82, 2.24) is 0 Å². The topological polar surface area (TPSA) is 20.2 Å². The number of hydrogen-bond donors (Lipinski definition) is 1. The molecule has 0 bridgehead atoms. The highest BCUT2D eigenvalue weighted by atomic mass is 16.3. The largest absolute Gasteiger partial charge is 0.390 e. The average molecular weight is 238 g/mol. The smallest absolute Gasteiger partial charge is 0.0681 e. The van der Waals surface area contributed by atoms with Crippen molar-refractivity contribution in [3.05, 3.63) is 0 Å². The second kappa shape index (κ2) is 4.91. The maximum Gasteiger partial charge on any atom is 0.0681 e. The van der Waals surface area contributed by atoms with E-state index >= 15 is 0 Å². The van der Waals surface area contributed by atoms with Crippen molar-refractivity contribution in [3.63, 3.8) is 0 Å². The molecule has 0 heterocycles. The van der Waals surface area contributed by atoms with E-state index in [1.165, 1.54) is 44.9 Å². The fourth-order valence-corrected chi connectivity index (χ4v) is 4.38. The van der Waals surface area contributed by atoms with Crippen LogP contribution < -0.4 is 0 Å². The van der Waals surface area contributed by atoms with Crippen LogP contribution in [0.15, 0.2) is 0 Å². The fraction of sp³-hybridized carbons (Fsp3) is 1.00. The summed E-state index contributed by atoms with van der Waals surface area (Å²) in [5, 5.41) is 11.0. The lowest BCUT2D eigenvalue weighted by Crippen LogP contribution is -2.46. The highest BCUT2D eigenvalue weighted by molar-refractivity contribution is 4.96. The van der Waals surface area contributed by atoms with Gasteiger partial charge in [0, 0.05) is 0 Å². The molecule has 17 heavy (non-hydrogen) atoms. The summed E-state index contributed by atoms with van der Waals surface area (Å²) in [4.78, 5) is 0.